The second-order valence-corrected chi connectivity index (χ2v) is 5.80. The topological polar surface area (TPSA) is 43.1 Å². The molecule has 0 spiro atoms. The second kappa shape index (κ2) is 5.18. The zero-order chi connectivity index (χ0) is 16.0. The van der Waals surface area contributed by atoms with Crippen LogP contribution in [0.3, 0.4) is 0 Å². The van der Waals surface area contributed by atoms with E-state index in [0.717, 1.165) is 33.4 Å². The number of fused-ring (bicyclic) bond motifs is 3. The molecule has 5 heteroatoms. The lowest BCUT2D eigenvalue weighted by atomic mass is 10.1. The summed E-state index contributed by atoms with van der Waals surface area (Å²) in [6.45, 7) is 5.84. The number of hydrogen-bond donors (Lipinski definition) is 0. The monoisotopic (exact) mass is 320 g/mol. The Labute approximate surface area is 138 Å². The Kier molecular flexibility index (Phi) is 3.13. The molecule has 0 aliphatic rings. The van der Waals surface area contributed by atoms with E-state index in [1.165, 1.54) is 0 Å². The number of allylic oxidation sites excluding steroid dienone is 1. The highest BCUT2D eigenvalue weighted by Crippen LogP contribution is 2.29. The van der Waals surface area contributed by atoms with Crippen LogP contribution >= 0.6 is 11.6 Å². The Morgan fingerprint density at radius 2 is 1.96 bits per heavy atom. The molecule has 0 bridgehead atoms. The van der Waals surface area contributed by atoms with Crippen LogP contribution in [0, 0.1) is 0 Å². The van der Waals surface area contributed by atoms with E-state index >= 15 is 0 Å². The molecule has 3 aromatic heterocycles. The third kappa shape index (κ3) is 2.28. The van der Waals surface area contributed by atoms with Gasteiger partial charge in [0.2, 0.25) is 0 Å². The summed E-state index contributed by atoms with van der Waals surface area (Å²) in [6, 6.07) is 13.8. The van der Waals surface area contributed by atoms with Gasteiger partial charge in [0.05, 0.1) is 5.69 Å². The van der Waals surface area contributed by atoms with E-state index in [1.807, 2.05) is 49.4 Å². The lowest BCUT2D eigenvalue weighted by Crippen LogP contribution is -1.97. The number of hydrogen-bond acceptors (Lipinski definition) is 3. The predicted octanol–water partition coefficient (Wildman–Crippen LogP) is 4.63. The van der Waals surface area contributed by atoms with Crippen LogP contribution in [0.2, 0.25) is 5.15 Å². The third-order valence-corrected chi connectivity index (χ3v) is 4.02. The first-order valence-corrected chi connectivity index (χ1v) is 7.57. The first-order valence-electron chi connectivity index (χ1n) is 7.20. The first kappa shape index (κ1) is 13.9. The normalized spacial score (nSPS) is 11.2. The molecule has 4 nitrogen and oxygen atoms in total. The van der Waals surface area contributed by atoms with Gasteiger partial charge in [-0.1, -0.05) is 48.5 Å². The van der Waals surface area contributed by atoms with Gasteiger partial charge < -0.3 is 0 Å². The molecule has 4 rings (SSSR count). The van der Waals surface area contributed by atoms with Crippen LogP contribution in [0.25, 0.3) is 33.4 Å². The van der Waals surface area contributed by atoms with Gasteiger partial charge in [0.25, 0.3) is 0 Å². The summed E-state index contributed by atoms with van der Waals surface area (Å²) >= 11 is 6.42. The summed E-state index contributed by atoms with van der Waals surface area (Å²) in [6.07, 6.45) is 1.80. The fourth-order valence-corrected chi connectivity index (χ4v) is 2.79. The molecule has 0 radical (unpaired) electrons. The van der Waals surface area contributed by atoms with Crippen molar-refractivity contribution < 1.29 is 0 Å². The van der Waals surface area contributed by atoms with Gasteiger partial charge in [0.15, 0.2) is 11.3 Å². The molecule has 0 saturated heterocycles. The fraction of sp³-hybridized carbons (Fsp3) is 0.0556. The summed E-state index contributed by atoms with van der Waals surface area (Å²) in [4.78, 5) is 9.00. The van der Waals surface area contributed by atoms with Crippen LogP contribution in [0.1, 0.15) is 12.6 Å². The van der Waals surface area contributed by atoms with Crippen LogP contribution in [0.5, 0.6) is 0 Å². The molecule has 23 heavy (non-hydrogen) atoms. The van der Waals surface area contributed by atoms with Crippen LogP contribution in [-0.4, -0.2) is 19.6 Å². The molecular weight excluding hydrogens is 308 g/mol. The third-order valence-electron chi connectivity index (χ3n) is 3.73. The lowest BCUT2D eigenvalue weighted by Gasteiger charge is -2.07. The highest BCUT2D eigenvalue weighted by molar-refractivity contribution is 6.32. The largest absolute Gasteiger partial charge is 0.236 e. The average molecular weight is 321 g/mol. The molecule has 0 amide bonds. The molecule has 0 aliphatic heterocycles. The molecule has 4 aromatic rings. The standard InChI is InChI=1S/C18H13ClN4/c1-11(2)15-9-16-20-10-13-8-14(12-6-4-3-5-7-12)17(19)21-18(13)23(16)22-15/h3-10H,1H2,2H3. The van der Waals surface area contributed by atoms with Crippen molar-refractivity contribution in [3.05, 3.63) is 66.1 Å². The fourth-order valence-electron chi connectivity index (χ4n) is 2.55. The van der Waals surface area contributed by atoms with Gasteiger partial charge in [-0.2, -0.15) is 9.61 Å². The number of halogens is 1. The zero-order valence-electron chi connectivity index (χ0n) is 12.5. The van der Waals surface area contributed by atoms with E-state index in [1.54, 1.807) is 10.7 Å². The van der Waals surface area contributed by atoms with Crippen LogP contribution in [0.15, 0.2) is 55.2 Å². The molecule has 0 unspecified atom stereocenters. The smallest absolute Gasteiger partial charge is 0.166 e. The Morgan fingerprint density at radius 1 is 1.17 bits per heavy atom. The minimum absolute atomic E-state index is 0.448. The summed E-state index contributed by atoms with van der Waals surface area (Å²) in [7, 11) is 0. The first-order chi connectivity index (χ1) is 11.1. The van der Waals surface area contributed by atoms with Crippen molar-refractivity contribution in [1.29, 1.82) is 0 Å². The molecule has 112 valence electrons. The Morgan fingerprint density at radius 3 is 2.70 bits per heavy atom. The molecule has 3 heterocycles. The maximum absolute atomic E-state index is 6.42. The summed E-state index contributed by atoms with van der Waals surface area (Å²) < 4.78 is 1.71. The lowest BCUT2D eigenvalue weighted by molar-refractivity contribution is 0.954. The number of rotatable bonds is 2. The number of aromatic nitrogens is 4. The van der Waals surface area contributed by atoms with Crippen molar-refractivity contribution >= 4 is 33.9 Å². The number of pyridine rings is 1. The molecule has 1 aromatic carbocycles. The van der Waals surface area contributed by atoms with Gasteiger partial charge in [-0.3, -0.25) is 0 Å². The minimum atomic E-state index is 0.448. The molecule has 0 fully saturated rings. The van der Waals surface area contributed by atoms with Crippen molar-refractivity contribution in [1.82, 2.24) is 19.6 Å². The molecule has 0 aliphatic carbocycles. The number of nitrogens with zero attached hydrogens (tertiary/aromatic N) is 4. The van der Waals surface area contributed by atoms with E-state index in [0.29, 0.717) is 10.8 Å². The van der Waals surface area contributed by atoms with Crippen molar-refractivity contribution in [3.63, 3.8) is 0 Å². The highest BCUT2D eigenvalue weighted by Gasteiger charge is 2.12. The minimum Gasteiger partial charge on any atom is -0.236 e. The van der Waals surface area contributed by atoms with Gasteiger partial charge >= 0.3 is 0 Å². The Balaban J connectivity index is 2.00. The zero-order valence-corrected chi connectivity index (χ0v) is 13.2. The van der Waals surface area contributed by atoms with Crippen LogP contribution in [-0.2, 0) is 0 Å². The number of benzene rings is 1. The molecule has 0 saturated carbocycles. The van der Waals surface area contributed by atoms with Crippen molar-refractivity contribution in [2.45, 2.75) is 6.92 Å². The van der Waals surface area contributed by atoms with Gasteiger partial charge in [-0.25, -0.2) is 9.97 Å². The summed E-state index contributed by atoms with van der Waals surface area (Å²) in [5.41, 5.74) is 5.01. The summed E-state index contributed by atoms with van der Waals surface area (Å²) in [5, 5.41) is 5.85. The van der Waals surface area contributed by atoms with Crippen LogP contribution < -0.4 is 0 Å². The quantitative estimate of drug-likeness (QED) is 0.506. The van der Waals surface area contributed by atoms with Gasteiger partial charge in [-0.15, -0.1) is 0 Å². The van der Waals surface area contributed by atoms with E-state index < -0.39 is 0 Å². The van der Waals surface area contributed by atoms with E-state index in [4.69, 9.17) is 11.6 Å². The van der Waals surface area contributed by atoms with E-state index in [2.05, 4.69) is 21.6 Å². The maximum Gasteiger partial charge on any atom is 0.166 e. The van der Waals surface area contributed by atoms with Crippen molar-refractivity contribution in [3.8, 4) is 11.1 Å². The van der Waals surface area contributed by atoms with E-state index in [-0.39, 0.29) is 0 Å². The van der Waals surface area contributed by atoms with Crippen molar-refractivity contribution in [2.24, 2.45) is 0 Å². The summed E-state index contributed by atoms with van der Waals surface area (Å²) in [5.74, 6) is 0. The van der Waals surface area contributed by atoms with Crippen LogP contribution in [0.4, 0.5) is 0 Å². The Bertz CT molecular complexity index is 1050. The average Bonchev–Trinajstić information content (AvgIpc) is 3.00. The predicted molar refractivity (Wildman–Crippen MR) is 93.4 cm³/mol. The molecule has 0 N–H and O–H groups in total. The maximum atomic E-state index is 6.42. The molecular formula is C18H13ClN4. The van der Waals surface area contributed by atoms with Gasteiger partial charge in [0, 0.05) is 23.2 Å². The van der Waals surface area contributed by atoms with Gasteiger partial charge in [-0.05, 0) is 24.1 Å². The highest BCUT2D eigenvalue weighted by atomic mass is 35.5. The Hall–Kier alpha value is -2.72. The molecule has 0 atom stereocenters. The SMILES string of the molecule is C=C(C)c1cc2ncc3cc(-c4ccccc4)c(Cl)nc3n2n1. The van der Waals surface area contributed by atoms with Gasteiger partial charge in [0.1, 0.15) is 5.15 Å². The van der Waals surface area contributed by atoms with Crippen molar-refractivity contribution in [2.75, 3.05) is 0 Å². The second-order valence-electron chi connectivity index (χ2n) is 5.44. The van der Waals surface area contributed by atoms with E-state index in [9.17, 15) is 0 Å².